The van der Waals surface area contributed by atoms with Gasteiger partial charge in [0, 0.05) is 25.1 Å². The Hall–Kier alpha value is -2.66. The number of hydrogen-bond acceptors (Lipinski definition) is 5. The molecule has 2 N–H and O–H groups in total. The van der Waals surface area contributed by atoms with E-state index >= 15 is 0 Å². The molecule has 0 aliphatic rings. The SMILES string of the molecule is [3H]CC(O)COc1ccc2nc(-c3ccc(NCC)nc3)ccc2c1. The lowest BCUT2D eigenvalue weighted by Crippen LogP contribution is -2.12. The minimum Gasteiger partial charge on any atom is -0.491 e. The predicted molar refractivity (Wildman–Crippen MR) is 96.3 cm³/mol. The fourth-order valence-corrected chi connectivity index (χ4v) is 2.38. The quantitative estimate of drug-likeness (QED) is 0.726. The van der Waals surface area contributed by atoms with Gasteiger partial charge in [-0.15, -0.1) is 0 Å². The second-order valence-electron chi connectivity index (χ2n) is 5.48. The van der Waals surface area contributed by atoms with Gasteiger partial charge in [-0.1, -0.05) is 6.07 Å². The summed E-state index contributed by atoms with van der Waals surface area (Å²) in [6.07, 6.45) is 1.04. The van der Waals surface area contributed by atoms with E-state index in [2.05, 4.69) is 15.3 Å². The van der Waals surface area contributed by atoms with Crippen LogP contribution < -0.4 is 10.1 Å². The fraction of sp³-hybridized carbons (Fsp3) is 0.263. The average molecular weight is 325 g/mol. The maximum atomic E-state index is 9.41. The van der Waals surface area contributed by atoms with Crippen LogP contribution in [0, 0.1) is 0 Å². The first-order valence-electron chi connectivity index (χ1n) is 8.61. The summed E-state index contributed by atoms with van der Waals surface area (Å²) in [5, 5.41) is 13.5. The molecule has 1 aromatic carbocycles. The highest BCUT2D eigenvalue weighted by Gasteiger charge is 2.05. The molecule has 0 aliphatic heterocycles. The largest absolute Gasteiger partial charge is 0.491 e. The zero-order valence-electron chi connectivity index (χ0n) is 14.6. The number of rotatable bonds is 6. The van der Waals surface area contributed by atoms with Gasteiger partial charge in [0.15, 0.2) is 0 Å². The summed E-state index contributed by atoms with van der Waals surface area (Å²) in [6.45, 7) is 2.92. The number of nitrogens with one attached hydrogen (secondary N) is 1. The molecule has 2 heterocycles. The molecule has 0 saturated heterocycles. The normalized spacial score (nSPS) is 12.7. The van der Waals surface area contributed by atoms with Gasteiger partial charge in [-0.3, -0.25) is 0 Å². The van der Waals surface area contributed by atoms with E-state index < -0.39 is 6.10 Å². The van der Waals surface area contributed by atoms with Crippen LogP contribution in [-0.4, -0.2) is 34.3 Å². The summed E-state index contributed by atoms with van der Waals surface area (Å²) in [7, 11) is 0. The molecule has 0 aliphatic carbocycles. The third kappa shape index (κ3) is 3.81. The predicted octanol–water partition coefficient (Wildman–Crippen LogP) is 3.49. The minimum absolute atomic E-state index is 0.0703. The van der Waals surface area contributed by atoms with Gasteiger partial charge >= 0.3 is 0 Å². The van der Waals surface area contributed by atoms with Crippen LogP contribution in [0.1, 0.15) is 15.2 Å². The third-order valence-corrected chi connectivity index (χ3v) is 3.52. The molecular formula is C19H21N3O2. The van der Waals surface area contributed by atoms with Crippen LogP contribution in [0.5, 0.6) is 5.75 Å². The number of nitrogens with zero attached hydrogens (tertiary/aromatic N) is 2. The summed E-state index contributed by atoms with van der Waals surface area (Å²) >= 11 is 0. The first-order chi connectivity index (χ1) is 12.2. The molecule has 1 unspecified atom stereocenters. The molecule has 3 aromatic rings. The molecule has 2 aromatic heterocycles. The van der Waals surface area contributed by atoms with Crippen molar-refractivity contribution in [2.24, 2.45) is 0 Å². The van der Waals surface area contributed by atoms with Gasteiger partial charge in [0.05, 0.1) is 17.3 Å². The highest BCUT2D eigenvalue weighted by atomic mass is 16.5. The summed E-state index contributed by atoms with van der Waals surface area (Å²) in [5.74, 6) is 1.51. The van der Waals surface area contributed by atoms with Crippen molar-refractivity contribution >= 4 is 16.7 Å². The Morgan fingerprint density at radius 2 is 2.17 bits per heavy atom. The van der Waals surface area contributed by atoms with Gasteiger partial charge in [0.1, 0.15) is 18.2 Å². The lowest BCUT2D eigenvalue weighted by molar-refractivity contribution is 0.123. The van der Waals surface area contributed by atoms with E-state index in [1.807, 2.05) is 55.6 Å². The number of hydrogen-bond donors (Lipinski definition) is 2. The molecule has 0 spiro atoms. The van der Waals surface area contributed by atoms with E-state index in [1.54, 1.807) is 0 Å². The number of pyridine rings is 2. The van der Waals surface area contributed by atoms with Crippen molar-refractivity contribution in [1.29, 1.82) is 0 Å². The molecule has 5 nitrogen and oxygen atoms in total. The molecule has 0 amide bonds. The van der Waals surface area contributed by atoms with Crippen LogP contribution in [0.2, 0.25) is 0 Å². The van der Waals surface area contributed by atoms with E-state index in [4.69, 9.17) is 6.11 Å². The van der Waals surface area contributed by atoms with Crippen molar-refractivity contribution < 1.29 is 11.2 Å². The van der Waals surface area contributed by atoms with E-state index in [9.17, 15) is 5.11 Å². The Labute approximate surface area is 142 Å². The van der Waals surface area contributed by atoms with Crippen LogP contribution in [0.3, 0.4) is 0 Å². The molecule has 0 radical (unpaired) electrons. The van der Waals surface area contributed by atoms with E-state index in [0.717, 1.165) is 34.5 Å². The number of aliphatic hydroxyl groups is 1. The zero-order valence-corrected chi connectivity index (χ0v) is 13.6. The lowest BCUT2D eigenvalue weighted by atomic mass is 10.1. The van der Waals surface area contributed by atoms with Gasteiger partial charge in [0.2, 0.25) is 0 Å². The lowest BCUT2D eigenvalue weighted by Gasteiger charge is -2.09. The third-order valence-electron chi connectivity index (χ3n) is 3.52. The maximum Gasteiger partial charge on any atom is 0.125 e. The Morgan fingerprint density at radius 1 is 1.25 bits per heavy atom. The van der Waals surface area contributed by atoms with Crippen LogP contribution in [0.4, 0.5) is 5.82 Å². The minimum atomic E-state index is -0.770. The summed E-state index contributed by atoms with van der Waals surface area (Å²) in [6, 6.07) is 13.5. The molecule has 124 valence electrons. The highest BCUT2D eigenvalue weighted by molar-refractivity contribution is 5.82. The number of ether oxygens (including phenoxy) is 1. The Balaban J connectivity index is 1.80. The topological polar surface area (TPSA) is 67.3 Å². The standard InChI is InChI=1S/C19H21N3O2/c1-3-20-19-9-5-15(11-21-19)18-7-4-14-10-16(24-12-13(2)23)6-8-17(14)22-18/h4-11,13,23H,3,12H2,1-2H3,(H,20,21)/i2T. The van der Waals surface area contributed by atoms with E-state index in [-0.39, 0.29) is 13.5 Å². The number of benzene rings is 1. The highest BCUT2D eigenvalue weighted by Crippen LogP contribution is 2.24. The Bertz CT molecular complexity index is 840. The first kappa shape index (κ1) is 14.9. The smallest absolute Gasteiger partial charge is 0.125 e. The second kappa shape index (κ2) is 7.27. The van der Waals surface area contributed by atoms with Gasteiger partial charge in [0.25, 0.3) is 0 Å². The number of aromatic nitrogens is 2. The van der Waals surface area contributed by atoms with Gasteiger partial charge in [-0.2, -0.15) is 0 Å². The van der Waals surface area contributed by atoms with Crippen molar-refractivity contribution in [2.75, 3.05) is 18.5 Å². The molecule has 24 heavy (non-hydrogen) atoms. The maximum absolute atomic E-state index is 9.41. The molecule has 0 saturated carbocycles. The van der Waals surface area contributed by atoms with Gasteiger partial charge in [-0.05, 0) is 50.2 Å². The van der Waals surface area contributed by atoms with Crippen molar-refractivity contribution in [3.8, 4) is 17.0 Å². The van der Waals surface area contributed by atoms with Crippen molar-refractivity contribution in [1.82, 2.24) is 9.97 Å². The summed E-state index contributed by atoms with van der Waals surface area (Å²) < 4.78 is 12.6. The second-order valence-corrected chi connectivity index (χ2v) is 5.48. The van der Waals surface area contributed by atoms with E-state index in [0.29, 0.717) is 5.75 Å². The van der Waals surface area contributed by atoms with Crippen molar-refractivity contribution in [3.05, 3.63) is 48.7 Å². The van der Waals surface area contributed by atoms with Crippen LogP contribution in [-0.2, 0) is 0 Å². The fourth-order valence-electron chi connectivity index (χ4n) is 2.38. The van der Waals surface area contributed by atoms with Gasteiger partial charge in [-0.25, -0.2) is 9.97 Å². The number of aliphatic hydroxyl groups excluding tert-OH is 1. The summed E-state index contributed by atoms with van der Waals surface area (Å²) in [4.78, 5) is 9.06. The van der Waals surface area contributed by atoms with Crippen molar-refractivity contribution in [3.63, 3.8) is 0 Å². The van der Waals surface area contributed by atoms with Gasteiger partial charge < -0.3 is 15.2 Å². The molecule has 0 fully saturated rings. The van der Waals surface area contributed by atoms with Crippen LogP contribution in [0.25, 0.3) is 22.2 Å². The molecule has 3 rings (SSSR count). The molecular weight excluding hydrogens is 302 g/mol. The molecule has 1 atom stereocenters. The zero-order chi connectivity index (χ0) is 17.6. The monoisotopic (exact) mass is 325 g/mol. The number of fused-ring (bicyclic) bond motifs is 1. The van der Waals surface area contributed by atoms with E-state index in [1.165, 1.54) is 0 Å². The first-order valence-corrected chi connectivity index (χ1v) is 7.91. The molecule has 5 heteroatoms. The number of anilines is 1. The van der Waals surface area contributed by atoms with Crippen LogP contribution >= 0.6 is 0 Å². The Kier molecular flexibility index (Phi) is 4.52. The Morgan fingerprint density at radius 3 is 2.92 bits per heavy atom. The van der Waals surface area contributed by atoms with Crippen LogP contribution in [0.15, 0.2) is 48.7 Å². The van der Waals surface area contributed by atoms with Crippen molar-refractivity contribution in [2.45, 2.75) is 19.9 Å². The average Bonchev–Trinajstić information content (AvgIpc) is 2.66. The molecule has 0 bridgehead atoms. The summed E-state index contributed by atoms with van der Waals surface area (Å²) in [5.41, 5.74) is 2.69.